The van der Waals surface area contributed by atoms with E-state index in [0.717, 1.165) is 17.6 Å². The fourth-order valence-corrected chi connectivity index (χ4v) is 3.39. The van der Waals surface area contributed by atoms with E-state index in [1.807, 2.05) is 0 Å². The molecule has 2 heteroatoms. The molecular weight excluding hydrogens is 298 g/mol. The molecular formula is C17H18BrN. The maximum absolute atomic E-state index is 3.53. The summed E-state index contributed by atoms with van der Waals surface area (Å²) in [5, 5.41) is 3.48. The fourth-order valence-electron chi connectivity index (χ4n) is 3.12. The van der Waals surface area contributed by atoms with Gasteiger partial charge in [-0.3, -0.25) is 0 Å². The van der Waals surface area contributed by atoms with Crippen molar-refractivity contribution in [2.75, 3.05) is 13.1 Å². The van der Waals surface area contributed by atoms with Crippen LogP contribution >= 0.6 is 15.9 Å². The van der Waals surface area contributed by atoms with E-state index in [1.165, 1.54) is 24.0 Å². The van der Waals surface area contributed by atoms with Crippen LogP contribution in [0.25, 0.3) is 0 Å². The average Bonchev–Trinajstić information content (AvgIpc) is 2.49. The molecule has 0 spiro atoms. The molecule has 2 aromatic rings. The highest BCUT2D eigenvalue weighted by atomic mass is 79.9. The zero-order valence-corrected chi connectivity index (χ0v) is 12.5. The third-order valence-electron chi connectivity index (χ3n) is 4.18. The fraction of sp³-hybridized carbons (Fsp3) is 0.294. The minimum Gasteiger partial charge on any atom is -0.317 e. The van der Waals surface area contributed by atoms with Crippen LogP contribution in [0.4, 0.5) is 0 Å². The molecule has 0 unspecified atom stereocenters. The molecule has 19 heavy (non-hydrogen) atoms. The van der Waals surface area contributed by atoms with E-state index in [1.54, 1.807) is 0 Å². The zero-order valence-electron chi connectivity index (χ0n) is 10.9. The van der Waals surface area contributed by atoms with Crippen molar-refractivity contribution >= 4 is 15.9 Å². The summed E-state index contributed by atoms with van der Waals surface area (Å²) in [6.45, 7) is 2.18. The van der Waals surface area contributed by atoms with Gasteiger partial charge in [-0.25, -0.2) is 0 Å². The molecule has 0 bridgehead atoms. The summed E-state index contributed by atoms with van der Waals surface area (Å²) in [6, 6.07) is 19.8. The van der Waals surface area contributed by atoms with Gasteiger partial charge in [0.2, 0.25) is 0 Å². The van der Waals surface area contributed by atoms with E-state index in [9.17, 15) is 0 Å². The lowest BCUT2D eigenvalue weighted by molar-refractivity contribution is 0.362. The van der Waals surface area contributed by atoms with E-state index >= 15 is 0 Å². The highest BCUT2D eigenvalue weighted by molar-refractivity contribution is 9.10. The summed E-state index contributed by atoms with van der Waals surface area (Å²) in [5.41, 5.74) is 3.05. The molecule has 3 rings (SSSR count). The number of rotatable bonds is 2. The number of hydrogen-bond donors (Lipinski definition) is 1. The predicted molar refractivity (Wildman–Crippen MR) is 83.5 cm³/mol. The molecule has 1 saturated heterocycles. The smallest absolute Gasteiger partial charge is 0.0227 e. The Morgan fingerprint density at radius 3 is 2.00 bits per heavy atom. The Bertz CT molecular complexity index is 527. The van der Waals surface area contributed by atoms with Crippen molar-refractivity contribution in [3.8, 4) is 0 Å². The highest BCUT2D eigenvalue weighted by Crippen LogP contribution is 2.40. The topological polar surface area (TPSA) is 12.0 Å². The van der Waals surface area contributed by atoms with Gasteiger partial charge in [-0.1, -0.05) is 58.4 Å². The minimum absolute atomic E-state index is 0.174. The van der Waals surface area contributed by atoms with E-state index in [2.05, 4.69) is 75.8 Å². The largest absolute Gasteiger partial charge is 0.317 e. The lowest BCUT2D eigenvalue weighted by atomic mass is 9.68. The van der Waals surface area contributed by atoms with Crippen LogP contribution in [0.15, 0.2) is 59.1 Å². The Hall–Kier alpha value is -1.12. The van der Waals surface area contributed by atoms with E-state index in [4.69, 9.17) is 0 Å². The summed E-state index contributed by atoms with van der Waals surface area (Å²) in [4.78, 5) is 0. The van der Waals surface area contributed by atoms with Gasteiger partial charge in [-0.15, -0.1) is 0 Å². The molecule has 2 aromatic carbocycles. The van der Waals surface area contributed by atoms with Gasteiger partial charge in [0.15, 0.2) is 0 Å². The third-order valence-corrected chi connectivity index (χ3v) is 4.71. The standard InChI is InChI=1S/C17H18BrN/c18-16-8-6-15(7-9-16)17(10-12-19-13-11-17)14-4-2-1-3-5-14/h1-9,19H,10-13H2. The SMILES string of the molecule is Brc1ccc(C2(c3ccccc3)CCNCC2)cc1. The van der Waals surface area contributed by atoms with Crippen LogP contribution in [-0.4, -0.2) is 13.1 Å². The Labute approximate surface area is 123 Å². The quantitative estimate of drug-likeness (QED) is 0.879. The summed E-state index contributed by atoms with van der Waals surface area (Å²) >= 11 is 3.53. The Morgan fingerprint density at radius 1 is 0.789 bits per heavy atom. The maximum atomic E-state index is 3.53. The van der Waals surface area contributed by atoms with Gasteiger partial charge < -0.3 is 5.32 Å². The second-order valence-electron chi connectivity index (χ2n) is 5.21. The first-order valence-electron chi connectivity index (χ1n) is 6.84. The molecule has 1 N–H and O–H groups in total. The summed E-state index contributed by atoms with van der Waals surface area (Å²) < 4.78 is 1.15. The Morgan fingerprint density at radius 2 is 1.37 bits per heavy atom. The van der Waals surface area contributed by atoms with Crippen LogP contribution in [0, 0.1) is 0 Å². The molecule has 0 radical (unpaired) electrons. The van der Waals surface area contributed by atoms with Crippen molar-refractivity contribution in [3.63, 3.8) is 0 Å². The molecule has 1 aliphatic heterocycles. The molecule has 1 nitrogen and oxygen atoms in total. The van der Waals surface area contributed by atoms with Gasteiger partial charge in [-0.2, -0.15) is 0 Å². The number of halogens is 1. The molecule has 1 heterocycles. The van der Waals surface area contributed by atoms with Gasteiger partial charge in [0, 0.05) is 9.89 Å². The number of nitrogens with one attached hydrogen (secondary N) is 1. The summed E-state index contributed by atoms with van der Waals surface area (Å²) in [6.07, 6.45) is 2.33. The van der Waals surface area contributed by atoms with Crippen LogP contribution < -0.4 is 5.32 Å². The monoisotopic (exact) mass is 315 g/mol. The van der Waals surface area contributed by atoms with Crippen LogP contribution in [0.5, 0.6) is 0 Å². The summed E-state index contributed by atoms with van der Waals surface area (Å²) in [7, 11) is 0. The Kier molecular flexibility index (Phi) is 3.72. The first-order chi connectivity index (χ1) is 9.31. The maximum Gasteiger partial charge on any atom is 0.0227 e. The van der Waals surface area contributed by atoms with E-state index < -0.39 is 0 Å². The van der Waals surface area contributed by atoms with Gasteiger partial charge in [0.25, 0.3) is 0 Å². The van der Waals surface area contributed by atoms with Crippen molar-refractivity contribution in [1.82, 2.24) is 5.32 Å². The number of piperidine rings is 1. The van der Waals surface area contributed by atoms with Crippen molar-refractivity contribution < 1.29 is 0 Å². The van der Waals surface area contributed by atoms with Gasteiger partial charge in [-0.05, 0) is 49.2 Å². The van der Waals surface area contributed by atoms with Crippen LogP contribution in [-0.2, 0) is 5.41 Å². The first kappa shape index (κ1) is 12.9. The molecule has 0 saturated carbocycles. The first-order valence-corrected chi connectivity index (χ1v) is 7.63. The molecule has 0 aliphatic carbocycles. The number of benzene rings is 2. The highest BCUT2D eigenvalue weighted by Gasteiger charge is 2.35. The predicted octanol–water partition coefficient (Wildman–Crippen LogP) is 4.12. The Balaban J connectivity index is 2.09. The second kappa shape index (κ2) is 5.48. The lowest BCUT2D eigenvalue weighted by Crippen LogP contribution is -2.40. The lowest BCUT2D eigenvalue weighted by Gasteiger charge is -2.39. The molecule has 98 valence electrons. The van der Waals surface area contributed by atoms with Crippen molar-refractivity contribution in [1.29, 1.82) is 0 Å². The van der Waals surface area contributed by atoms with Crippen LogP contribution in [0.1, 0.15) is 24.0 Å². The number of hydrogen-bond acceptors (Lipinski definition) is 1. The molecule has 0 aromatic heterocycles. The van der Waals surface area contributed by atoms with Crippen molar-refractivity contribution in [2.24, 2.45) is 0 Å². The molecule has 1 aliphatic rings. The van der Waals surface area contributed by atoms with Crippen LogP contribution in [0.2, 0.25) is 0 Å². The zero-order chi connectivity index (χ0) is 13.1. The molecule has 1 fully saturated rings. The van der Waals surface area contributed by atoms with Crippen molar-refractivity contribution in [3.05, 3.63) is 70.2 Å². The van der Waals surface area contributed by atoms with Gasteiger partial charge in [0.05, 0.1) is 0 Å². The molecule has 0 atom stereocenters. The van der Waals surface area contributed by atoms with Crippen LogP contribution in [0.3, 0.4) is 0 Å². The second-order valence-corrected chi connectivity index (χ2v) is 6.12. The van der Waals surface area contributed by atoms with Gasteiger partial charge in [0.1, 0.15) is 0 Å². The molecule has 0 amide bonds. The summed E-state index contributed by atoms with van der Waals surface area (Å²) in [5.74, 6) is 0. The van der Waals surface area contributed by atoms with E-state index in [-0.39, 0.29) is 5.41 Å². The normalized spacial score (nSPS) is 18.2. The van der Waals surface area contributed by atoms with Gasteiger partial charge >= 0.3 is 0 Å². The van der Waals surface area contributed by atoms with Crippen molar-refractivity contribution in [2.45, 2.75) is 18.3 Å². The third kappa shape index (κ3) is 2.47. The average molecular weight is 316 g/mol. The van der Waals surface area contributed by atoms with E-state index in [0.29, 0.717) is 0 Å². The minimum atomic E-state index is 0.174.